The van der Waals surface area contributed by atoms with E-state index in [1.807, 2.05) is 43.3 Å². The first-order valence-corrected chi connectivity index (χ1v) is 9.31. The number of aromatic nitrogens is 1. The maximum absolute atomic E-state index is 13.0. The summed E-state index contributed by atoms with van der Waals surface area (Å²) in [7, 11) is 0. The molecule has 0 aliphatic heterocycles. The minimum atomic E-state index is -0.0552. The lowest BCUT2D eigenvalue weighted by Crippen LogP contribution is -2.30. The van der Waals surface area contributed by atoms with Gasteiger partial charge < -0.3 is 10.2 Å². The van der Waals surface area contributed by atoms with Crippen LogP contribution in [0.25, 0.3) is 0 Å². The fraction of sp³-hybridized carbons (Fsp3) is 0.217. The summed E-state index contributed by atoms with van der Waals surface area (Å²) in [5.41, 5.74) is 5.76. The highest BCUT2D eigenvalue weighted by atomic mass is 16.2. The van der Waals surface area contributed by atoms with Crippen LogP contribution < -0.4 is 10.2 Å². The molecule has 1 N–H and O–H groups in total. The Morgan fingerprint density at radius 2 is 1.81 bits per heavy atom. The topological polar surface area (TPSA) is 45.2 Å². The first-order chi connectivity index (χ1) is 13.1. The van der Waals surface area contributed by atoms with Crippen LogP contribution in [-0.2, 0) is 6.42 Å². The van der Waals surface area contributed by atoms with Crippen molar-refractivity contribution in [2.24, 2.45) is 0 Å². The van der Waals surface area contributed by atoms with Gasteiger partial charge in [-0.2, -0.15) is 0 Å². The van der Waals surface area contributed by atoms with E-state index in [2.05, 4.69) is 42.3 Å². The van der Waals surface area contributed by atoms with Gasteiger partial charge in [0.15, 0.2) is 0 Å². The smallest absolute Gasteiger partial charge is 0.259 e. The number of carbonyl (C=O) groups is 1. The predicted molar refractivity (Wildman–Crippen MR) is 112 cm³/mol. The van der Waals surface area contributed by atoms with E-state index in [-0.39, 0.29) is 5.91 Å². The summed E-state index contributed by atoms with van der Waals surface area (Å²) in [6.45, 7) is 6.79. The molecule has 27 heavy (non-hydrogen) atoms. The lowest BCUT2D eigenvalue weighted by atomic mass is 10.1. The van der Waals surface area contributed by atoms with Crippen molar-refractivity contribution < 1.29 is 4.79 Å². The second-order valence-electron chi connectivity index (χ2n) is 6.43. The van der Waals surface area contributed by atoms with E-state index in [0.29, 0.717) is 12.1 Å². The highest BCUT2D eigenvalue weighted by molar-refractivity contribution is 6.06. The van der Waals surface area contributed by atoms with Crippen LogP contribution in [0.5, 0.6) is 0 Å². The number of nitrogens with one attached hydrogen (secondary N) is 1. The van der Waals surface area contributed by atoms with Gasteiger partial charge in [0.2, 0.25) is 0 Å². The summed E-state index contributed by atoms with van der Waals surface area (Å²) < 4.78 is 0. The van der Waals surface area contributed by atoms with E-state index >= 15 is 0 Å². The van der Waals surface area contributed by atoms with Crippen molar-refractivity contribution in [2.75, 3.05) is 16.8 Å². The van der Waals surface area contributed by atoms with Gasteiger partial charge in [0.05, 0.1) is 17.4 Å². The van der Waals surface area contributed by atoms with Gasteiger partial charge in [-0.1, -0.05) is 43.3 Å². The Bertz CT molecular complexity index is 922. The van der Waals surface area contributed by atoms with Gasteiger partial charge in [-0.3, -0.25) is 9.78 Å². The number of aryl methyl sites for hydroxylation is 2. The number of amides is 1. The van der Waals surface area contributed by atoms with Crippen molar-refractivity contribution in [1.82, 2.24) is 4.98 Å². The van der Waals surface area contributed by atoms with Gasteiger partial charge in [0, 0.05) is 24.1 Å². The monoisotopic (exact) mass is 359 g/mol. The molecule has 0 atom stereocenters. The third-order valence-corrected chi connectivity index (χ3v) is 4.62. The van der Waals surface area contributed by atoms with E-state index in [4.69, 9.17) is 0 Å². The fourth-order valence-electron chi connectivity index (χ4n) is 3.18. The Hall–Kier alpha value is -3.14. The molecule has 0 saturated heterocycles. The number of para-hydroxylation sites is 2. The van der Waals surface area contributed by atoms with Gasteiger partial charge in [0.25, 0.3) is 5.91 Å². The predicted octanol–water partition coefficient (Wildman–Crippen LogP) is 5.36. The van der Waals surface area contributed by atoms with Crippen LogP contribution in [-0.4, -0.2) is 17.4 Å². The van der Waals surface area contributed by atoms with Gasteiger partial charge in [-0.15, -0.1) is 0 Å². The van der Waals surface area contributed by atoms with Gasteiger partial charge in [-0.05, 0) is 49.6 Å². The Balaban J connectivity index is 1.89. The minimum absolute atomic E-state index is 0.0552. The standard InChI is InChI=1S/C23H25N3O/c1-4-18-11-9-10-17(3)22(18)25-20-14-19(15-24-16-20)23(27)26(5-2)21-12-7-6-8-13-21/h6-16,25H,4-5H2,1-3H3. The molecule has 0 bridgehead atoms. The lowest BCUT2D eigenvalue weighted by Gasteiger charge is -2.21. The molecule has 0 aliphatic carbocycles. The lowest BCUT2D eigenvalue weighted by molar-refractivity contribution is 0.0988. The van der Waals surface area contributed by atoms with E-state index in [1.54, 1.807) is 17.3 Å². The molecule has 0 fully saturated rings. The second-order valence-corrected chi connectivity index (χ2v) is 6.43. The van der Waals surface area contributed by atoms with Crippen LogP contribution in [0.1, 0.15) is 35.3 Å². The zero-order valence-electron chi connectivity index (χ0n) is 16.1. The van der Waals surface area contributed by atoms with E-state index < -0.39 is 0 Å². The SMILES string of the molecule is CCc1cccc(C)c1Nc1cncc(C(=O)N(CC)c2ccccc2)c1. The molecule has 2 aromatic carbocycles. The van der Waals surface area contributed by atoms with Gasteiger partial charge in [0.1, 0.15) is 0 Å². The number of anilines is 3. The summed E-state index contributed by atoms with van der Waals surface area (Å²) in [5.74, 6) is -0.0552. The van der Waals surface area contributed by atoms with Crippen molar-refractivity contribution in [3.8, 4) is 0 Å². The normalized spacial score (nSPS) is 10.5. The molecular formula is C23H25N3O. The molecule has 3 rings (SSSR count). The van der Waals surface area contributed by atoms with Crippen molar-refractivity contribution in [2.45, 2.75) is 27.2 Å². The molecule has 0 aliphatic rings. The summed E-state index contributed by atoms with van der Waals surface area (Å²) in [5, 5.41) is 3.45. The number of benzene rings is 2. The molecule has 1 amide bonds. The highest BCUT2D eigenvalue weighted by Crippen LogP contribution is 2.26. The number of carbonyl (C=O) groups excluding carboxylic acids is 1. The van der Waals surface area contributed by atoms with Gasteiger partial charge in [-0.25, -0.2) is 0 Å². The van der Waals surface area contributed by atoms with Crippen LogP contribution in [0.2, 0.25) is 0 Å². The molecule has 0 spiro atoms. The zero-order chi connectivity index (χ0) is 19.2. The van der Waals surface area contributed by atoms with Crippen LogP contribution in [0.4, 0.5) is 17.1 Å². The number of rotatable bonds is 6. The summed E-state index contributed by atoms with van der Waals surface area (Å²) in [6, 6.07) is 17.8. The molecule has 0 unspecified atom stereocenters. The molecule has 4 nitrogen and oxygen atoms in total. The molecule has 1 heterocycles. The maximum Gasteiger partial charge on any atom is 0.259 e. The van der Waals surface area contributed by atoms with Crippen LogP contribution >= 0.6 is 0 Å². The minimum Gasteiger partial charge on any atom is -0.354 e. The molecule has 3 aromatic rings. The van der Waals surface area contributed by atoms with Crippen molar-refractivity contribution in [3.05, 3.63) is 83.7 Å². The van der Waals surface area contributed by atoms with E-state index in [1.165, 1.54) is 11.1 Å². The molecule has 4 heteroatoms. The molecule has 0 radical (unpaired) electrons. The van der Waals surface area contributed by atoms with E-state index in [0.717, 1.165) is 23.5 Å². The third kappa shape index (κ3) is 4.17. The number of nitrogens with zero attached hydrogens (tertiary/aromatic N) is 2. The van der Waals surface area contributed by atoms with Crippen LogP contribution in [0, 0.1) is 6.92 Å². The van der Waals surface area contributed by atoms with Crippen LogP contribution in [0.15, 0.2) is 67.0 Å². The largest absolute Gasteiger partial charge is 0.354 e. The van der Waals surface area contributed by atoms with Crippen molar-refractivity contribution >= 4 is 23.0 Å². The Labute approximate surface area is 160 Å². The first-order valence-electron chi connectivity index (χ1n) is 9.31. The zero-order valence-corrected chi connectivity index (χ0v) is 16.1. The summed E-state index contributed by atoms with van der Waals surface area (Å²) >= 11 is 0. The quantitative estimate of drug-likeness (QED) is 0.644. The fourth-order valence-corrected chi connectivity index (χ4v) is 3.18. The molecule has 1 aromatic heterocycles. The van der Waals surface area contributed by atoms with Crippen molar-refractivity contribution in [1.29, 1.82) is 0 Å². The summed E-state index contributed by atoms with van der Waals surface area (Å²) in [4.78, 5) is 19.1. The number of hydrogen-bond donors (Lipinski definition) is 1. The highest BCUT2D eigenvalue weighted by Gasteiger charge is 2.17. The van der Waals surface area contributed by atoms with Gasteiger partial charge >= 0.3 is 0 Å². The van der Waals surface area contributed by atoms with Crippen molar-refractivity contribution in [3.63, 3.8) is 0 Å². The Morgan fingerprint density at radius 3 is 2.52 bits per heavy atom. The summed E-state index contributed by atoms with van der Waals surface area (Å²) in [6.07, 6.45) is 4.31. The Morgan fingerprint density at radius 1 is 1.04 bits per heavy atom. The van der Waals surface area contributed by atoms with Crippen LogP contribution in [0.3, 0.4) is 0 Å². The van der Waals surface area contributed by atoms with E-state index in [9.17, 15) is 4.79 Å². The number of hydrogen-bond acceptors (Lipinski definition) is 3. The first kappa shape index (κ1) is 18.6. The average molecular weight is 359 g/mol. The Kier molecular flexibility index (Phi) is 5.87. The molecular weight excluding hydrogens is 334 g/mol. The number of pyridine rings is 1. The molecule has 0 saturated carbocycles. The maximum atomic E-state index is 13.0. The average Bonchev–Trinajstić information content (AvgIpc) is 2.71. The second kappa shape index (κ2) is 8.49. The molecule has 138 valence electrons. The third-order valence-electron chi connectivity index (χ3n) is 4.62.